The largest absolute Gasteiger partial charge is 0.481 e. The third kappa shape index (κ3) is 2.07. The maximum Gasteiger partial charge on any atom is 0.205 e. The third-order valence-corrected chi connectivity index (χ3v) is 5.34. The SMILES string of the molecule is Cc1ccccc1C1O[C@]12C(=O)c1ccccc1O[C@H]2c1ccccc1. The maximum absolute atomic E-state index is 13.5. The molecule has 5 rings (SSSR count). The second-order valence-electron chi connectivity index (χ2n) is 6.88. The van der Waals surface area contributed by atoms with Gasteiger partial charge in [0.05, 0.1) is 5.56 Å². The van der Waals surface area contributed by atoms with Crippen molar-refractivity contribution in [3.05, 3.63) is 101 Å². The van der Waals surface area contributed by atoms with Crippen molar-refractivity contribution < 1.29 is 14.3 Å². The van der Waals surface area contributed by atoms with E-state index in [-0.39, 0.29) is 11.9 Å². The average Bonchev–Trinajstić information content (AvgIpc) is 3.42. The fraction of sp³-hybridized carbons (Fsp3) is 0.174. The van der Waals surface area contributed by atoms with Gasteiger partial charge in [-0.1, -0.05) is 66.7 Å². The third-order valence-electron chi connectivity index (χ3n) is 5.34. The van der Waals surface area contributed by atoms with Crippen LogP contribution in [0.25, 0.3) is 0 Å². The van der Waals surface area contributed by atoms with Gasteiger partial charge in [0.25, 0.3) is 0 Å². The van der Waals surface area contributed by atoms with Crippen LogP contribution in [-0.4, -0.2) is 11.4 Å². The van der Waals surface area contributed by atoms with Crippen LogP contribution < -0.4 is 4.74 Å². The van der Waals surface area contributed by atoms with E-state index < -0.39 is 11.7 Å². The molecule has 26 heavy (non-hydrogen) atoms. The molecule has 3 aromatic carbocycles. The molecule has 1 saturated heterocycles. The van der Waals surface area contributed by atoms with E-state index in [1.165, 1.54) is 0 Å². The quantitative estimate of drug-likeness (QED) is 0.627. The summed E-state index contributed by atoms with van der Waals surface area (Å²) in [4.78, 5) is 13.5. The molecule has 3 nitrogen and oxygen atoms in total. The van der Waals surface area contributed by atoms with Crippen molar-refractivity contribution in [1.82, 2.24) is 0 Å². The van der Waals surface area contributed by atoms with Crippen LogP contribution in [0.2, 0.25) is 0 Å². The van der Waals surface area contributed by atoms with E-state index in [9.17, 15) is 4.79 Å². The van der Waals surface area contributed by atoms with Gasteiger partial charge in [-0.3, -0.25) is 4.79 Å². The number of Topliss-reactive ketones (excluding diaryl/α,β-unsaturated/α-hetero) is 1. The molecule has 0 amide bonds. The van der Waals surface area contributed by atoms with Crippen LogP contribution in [0.15, 0.2) is 78.9 Å². The number of carbonyl (C=O) groups is 1. The minimum absolute atomic E-state index is 0.00135. The highest BCUT2D eigenvalue weighted by Gasteiger charge is 2.71. The smallest absolute Gasteiger partial charge is 0.205 e. The Hall–Kier alpha value is -2.91. The van der Waals surface area contributed by atoms with E-state index >= 15 is 0 Å². The molecule has 1 spiro atoms. The van der Waals surface area contributed by atoms with Gasteiger partial charge in [-0.15, -0.1) is 0 Å². The molecule has 1 fully saturated rings. The zero-order valence-electron chi connectivity index (χ0n) is 14.4. The molecule has 0 saturated carbocycles. The molecule has 0 bridgehead atoms. The number of ketones is 1. The first-order valence-electron chi connectivity index (χ1n) is 8.80. The Morgan fingerprint density at radius 2 is 1.50 bits per heavy atom. The van der Waals surface area contributed by atoms with Crippen LogP contribution in [0.1, 0.15) is 39.3 Å². The molecule has 0 aromatic heterocycles. The van der Waals surface area contributed by atoms with Crippen LogP contribution in [0.5, 0.6) is 5.75 Å². The van der Waals surface area contributed by atoms with Crippen molar-refractivity contribution in [3.8, 4) is 5.75 Å². The number of aryl methyl sites for hydroxylation is 1. The van der Waals surface area contributed by atoms with E-state index in [4.69, 9.17) is 9.47 Å². The van der Waals surface area contributed by atoms with Gasteiger partial charge in [-0.05, 0) is 35.7 Å². The van der Waals surface area contributed by atoms with E-state index in [0.717, 1.165) is 16.7 Å². The van der Waals surface area contributed by atoms with Crippen molar-refractivity contribution in [2.45, 2.75) is 24.7 Å². The fourth-order valence-corrected chi connectivity index (χ4v) is 3.95. The highest BCUT2D eigenvalue weighted by molar-refractivity contribution is 6.08. The van der Waals surface area contributed by atoms with Crippen LogP contribution in [-0.2, 0) is 4.74 Å². The average molecular weight is 342 g/mol. The molecule has 2 heterocycles. The summed E-state index contributed by atoms with van der Waals surface area (Å²) in [5, 5.41) is 0. The van der Waals surface area contributed by atoms with Crippen LogP contribution in [0, 0.1) is 6.92 Å². The van der Waals surface area contributed by atoms with Gasteiger partial charge >= 0.3 is 0 Å². The first kappa shape index (κ1) is 15.4. The van der Waals surface area contributed by atoms with Crippen LogP contribution in [0.4, 0.5) is 0 Å². The minimum atomic E-state index is -0.998. The van der Waals surface area contributed by atoms with Crippen molar-refractivity contribution in [1.29, 1.82) is 0 Å². The minimum Gasteiger partial charge on any atom is -0.481 e. The Morgan fingerprint density at radius 3 is 2.31 bits per heavy atom. The molecule has 0 N–H and O–H groups in total. The monoisotopic (exact) mass is 342 g/mol. The first-order chi connectivity index (χ1) is 12.7. The number of hydrogen-bond donors (Lipinski definition) is 0. The van der Waals surface area contributed by atoms with Crippen molar-refractivity contribution >= 4 is 5.78 Å². The number of para-hydroxylation sites is 1. The number of carbonyl (C=O) groups excluding carboxylic acids is 1. The molecule has 3 atom stereocenters. The highest BCUT2D eigenvalue weighted by Crippen LogP contribution is 2.62. The number of hydrogen-bond acceptors (Lipinski definition) is 3. The van der Waals surface area contributed by atoms with Gasteiger partial charge in [0.15, 0.2) is 6.10 Å². The number of fused-ring (bicyclic) bond motifs is 1. The zero-order chi connectivity index (χ0) is 17.7. The summed E-state index contributed by atoms with van der Waals surface area (Å²) < 4.78 is 12.5. The van der Waals surface area contributed by atoms with Crippen molar-refractivity contribution in [2.24, 2.45) is 0 Å². The van der Waals surface area contributed by atoms with Crippen molar-refractivity contribution in [3.63, 3.8) is 0 Å². The van der Waals surface area contributed by atoms with E-state index in [1.807, 2.05) is 85.8 Å². The van der Waals surface area contributed by atoms with Gasteiger partial charge in [0.1, 0.15) is 11.9 Å². The molecule has 1 unspecified atom stereocenters. The van der Waals surface area contributed by atoms with Gasteiger partial charge in [0, 0.05) is 0 Å². The number of rotatable bonds is 2. The summed E-state index contributed by atoms with van der Waals surface area (Å²) >= 11 is 0. The normalized spacial score (nSPS) is 26.3. The lowest BCUT2D eigenvalue weighted by Gasteiger charge is -2.31. The Bertz CT molecular complexity index is 995. The molecule has 3 heteroatoms. The number of epoxide rings is 1. The summed E-state index contributed by atoms with van der Waals surface area (Å²) in [5.41, 5.74) is 2.71. The standard InChI is InChI=1S/C23H18O3/c1-15-9-5-6-12-17(15)22-23(26-22)20(24)18-13-7-8-14-19(18)25-21(23)16-10-3-2-4-11-16/h2-14,21-22H,1H3/t21-,22?,23-/m0/s1. The lowest BCUT2D eigenvalue weighted by atomic mass is 9.80. The summed E-state index contributed by atoms with van der Waals surface area (Å²) in [6.07, 6.45) is -0.759. The highest BCUT2D eigenvalue weighted by atomic mass is 16.6. The lowest BCUT2D eigenvalue weighted by molar-refractivity contribution is 0.0523. The summed E-state index contributed by atoms with van der Waals surface area (Å²) in [6.45, 7) is 2.05. The van der Waals surface area contributed by atoms with Gasteiger partial charge in [-0.2, -0.15) is 0 Å². The predicted molar refractivity (Wildman–Crippen MR) is 98.3 cm³/mol. The topological polar surface area (TPSA) is 38.8 Å². The van der Waals surface area contributed by atoms with E-state index in [0.29, 0.717) is 11.3 Å². The van der Waals surface area contributed by atoms with E-state index in [1.54, 1.807) is 0 Å². The second-order valence-corrected chi connectivity index (χ2v) is 6.88. The predicted octanol–water partition coefficient (Wildman–Crippen LogP) is 4.82. The Balaban J connectivity index is 1.67. The van der Waals surface area contributed by atoms with E-state index in [2.05, 4.69) is 0 Å². The Kier molecular flexibility index (Phi) is 3.28. The molecule has 2 aliphatic rings. The fourth-order valence-electron chi connectivity index (χ4n) is 3.95. The molecule has 3 aromatic rings. The molecule has 128 valence electrons. The summed E-state index contributed by atoms with van der Waals surface area (Å²) in [5.74, 6) is 0.623. The zero-order valence-corrected chi connectivity index (χ0v) is 14.4. The van der Waals surface area contributed by atoms with Gasteiger partial charge in [0.2, 0.25) is 11.4 Å². The lowest BCUT2D eigenvalue weighted by Crippen LogP contribution is -2.40. The molecule has 0 radical (unpaired) electrons. The molecular formula is C23H18O3. The molecule has 2 aliphatic heterocycles. The molecule has 0 aliphatic carbocycles. The molecular weight excluding hydrogens is 324 g/mol. The summed E-state index contributed by atoms with van der Waals surface area (Å²) in [6, 6.07) is 25.3. The van der Waals surface area contributed by atoms with Crippen molar-refractivity contribution in [2.75, 3.05) is 0 Å². The maximum atomic E-state index is 13.5. The second kappa shape index (κ2) is 5.55. The number of ether oxygens (including phenoxy) is 2. The van der Waals surface area contributed by atoms with Gasteiger partial charge < -0.3 is 9.47 Å². The van der Waals surface area contributed by atoms with Crippen LogP contribution in [0.3, 0.4) is 0 Å². The van der Waals surface area contributed by atoms with Crippen LogP contribution >= 0.6 is 0 Å². The van der Waals surface area contributed by atoms with Gasteiger partial charge in [-0.25, -0.2) is 0 Å². The number of benzene rings is 3. The summed E-state index contributed by atoms with van der Waals surface area (Å²) in [7, 11) is 0. The Morgan fingerprint density at radius 1 is 0.808 bits per heavy atom. The first-order valence-corrected chi connectivity index (χ1v) is 8.80. The Labute approximate surface area is 152 Å².